The fourth-order valence-corrected chi connectivity index (χ4v) is 3.65. The van der Waals surface area contributed by atoms with E-state index >= 15 is 0 Å². The lowest BCUT2D eigenvalue weighted by atomic mass is 10.0. The van der Waals surface area contributed by atoms with Crippen LogP contribution >= 0.6 is 0 Å². The number of ether oxygens (including phenoxy) is 1. The summed E-state index contributed by atoms with van der Waals surface area (Å²) < 4.78 is 84.2. The van der Waals surface area contributed by atoms with Crippen molar-refractivity contribution in [1.82, 2.24) is 19.9 Å². The highest BCUT2D eigenvalue weighted by atomic mass is 19.4. The summed E-state index contributed by atoms with van der Waals surface area (Å²) >= 11 is 0. The van der Waals surface area contributed by atoms with Gasteiger partial charge in [-0.2, -0.15) is 26.3 Å². The van der Waals surface area contributed by atoms with Crippen molar-refractivity contribution in [2.75, 3.05) is 24.5 Å². The Morgan fingerprint density at radius 3 is 2.28 bits per heavy atom. The number of alkyl halides is 6. The van der Waals surface area contributed by atoms with Crippen LogP contribution in [0.3, 0.4) is 0 Å². The summed E-state index contributed by atoms with van der Waals surface area (Å²) in [5.74, 6) is 0.0554. The second-order valence-corrected chi connectivity index (χ2v) is 7.78. The highest BCUT2D eigenvalue weighted by molar-refractivity contribution is 5.71. The monoisotopic (exact) mass is 513 g/mol. The molecule has 0 saturated carbocycles. The van der Waals surface area contributed by atoms with Crippen molar-refractivity contribution in [3.63, 3.8) is 0 Å². The predicted molar refractivity (Wildman–Crippen MR) is 113 cm³/mol. The van der Waals surface area contributed by atoms with Gasteiger partial charge in [-0.3, -0.25) is 4.79 Å². The van der Waals surface area contributed by atoms with Gasteiger partial charge in [0.15, 0.2) is 0 Å². The van der Waals surface area contributed by atoms with Gasteiger partial charge in [0.1, 0.15) is 11.3 Å². The number of hydrogen-bond donors (Lipinski definition) is 1. The quantitative estimate of drug-likeness (QED) is 0.527. The Morgan fingerprint density at radius 2 is 1.67 bits per heavy atom. The van der Waals surface area contributed by atoms with Crippen molar-refractivity contribution in [2.24, 2.45) is 0 Å². The van der Waals surface area contributed by atoms with Gasteiger partial charge < -0.3 is 19.5 Å². The molecule has 3 heterocycles. The predicted octanol–water partition coefficient (Wildman–Crippen LogP) is 4.26. The average molecular weight is 513 g/mol. The number of carbonyl (C=O) groups is 1. The molecule has 0 bridgehead atoms. The van der Waals surface area contributed by atoms with Crippen molar-refractivity contribution in [3.8, 4) is 5.75 Å². The van der Waals surface area contributed by atoms with Crippen LogP contribution in [0.1, 0.15) is 22.7 Å². The third-order valence-corrected chi connectivity index (χ3v) is 5.43. The van der Waals surface area contributed by atoms with E-state index in [2.05, 4.69) is 9.97 Å². The van der Waals surface area contributed by atoms with E-state index in [-0.39, 0.29) is 36.9 Å². The molecule has 8 nitrogen and oxygen atoms in total. The fraction of sp³-hybridized carbons (Fsp3) is 0.273. The number of rotatable bonds is 3. The van der Waals surface area contributed by atoms with Gasteiger partial charge >= 0.3 is 18.4 Å². The standard InChI is InChI=1S/C22H17F6N5O3/c23-21(24,25)14-10-30-19(31-11-14)33-7-6-32(20(35)36-15-4-2-1-3-5-15)12-17(33)13-8-16(22(26,27)28)18(34)29-9-13/h1-5,8-11,17H,6-7,12H2,(H,29,34). The molecule has 1 fully saturated rings. The summed E-state index contributed by atoms with van der Waals surface area (Å²) in [5.41, 5.74) is -3.98. The number of nitrogens with one attached hydrogen (secondary N) is 1. The number of H-pyrrole nitrogens is 1. The molecular formula is C22H17F6N5O3. The number of benzene rings is 1. The molecule has 1 saturated heterocycles. The first-order chi connectivity index (χ1) is 16.9. The molecule has 1 aliphatic heterocycles. The number of carbonyl (C=O) groups excluding carboxylic acids is 1. The topological polar surface area (TPSA) is 91.4 Å². The van der Waals surface area contributed by atoms with Crippen LogP contribution in [0.2, 0.25) is 0 Å². The van der Waals surface area contributed by atoms with Crippen molar-refractivity contribution >= 4 is 12.0 Å². The van der Waals surface area contributed by atoms with Gasteiger partial charge in [-0.1, -0.05) is 18.2 Å². The molecule has 1 atom stereocenters. The maximum atomic E-state index is 13.4. The lowest BCUT2D eigenvalue weighted by molar-refractivity contribution is -0.139. The Morgan fingerprint density at radius 1 is 1.00 bits per heavy atom. The largest absolute Gasteiger partial charge is 0.421 e. The maximum absolute atomic E-state index is 13.4. The highest BCUT2D eigenvalue weighted by Crippen LogP contribution is 2.34. The smallest absolute Gasteiger partial charge is 0.410 e. The number of hydrogen-bond acceptors (Lipinski definition) is 6. The summed E-state index contributed by atoms with van der Waals surface area (Å²) in [4.78, 5) is 36.6. The van der Waals surface area contributed by atoms with E-state index in [1.165, 1.54) is 9.80 Å². The van der Waals surface area contributed by atoms with Crippen LogP contribution in [0, 0.1) is 0 Å². The molecule has 3 aromatic rings. The third kappa shape index (κ3) is 5.42. The number of para-hydroxylation sites is 1. The Balaban J connectivity index is 1.68. The molecule has 1 amide bonds. The van der Waals surface area contributed by atoms with Crippen molar-refractivity contribution in [1.29, 1.82) is 0 Å². The lowest BCUT2D eigenvalue weighted by Crippen LogP contribution is -2.52. The Labute approximate surface area is 199 Å². The molecule has 0 radical (unpaired) electrons. The normalized spacial score (nSPS) is 16.7. The van der Waals surface area contributed by atoms with Gasteiger partial charge in [0.2, 0.25) is 5.95 Å². The van der Waals surface area contributed by atoms with Crippen molar-refractivity contribution in [3.05, 3.63) is 82.0 Å². The number of aromatic nitrogens is 3. The summed E-state index contributed by atoms with van der Waals surface area (Å²) in [7, 11) is 0. The molecule has 1 aromatic carbocycles. The summed E-state index contributed by atoms with van der Waals surface area (Å²) in [6.07, 6.45) is -8.25. The zero-order valence-corrected chi connectivity index (χ0v) is 18.2. The molecular weight excluding hydrogens is 496 g/mol. The summed E-state index contributed by atoms with van der Waals surface area (Å²) in [6.45, 7) is -0.248. The van der Waals surface area contributed by atoms with E-state index in [4.69, 9.17) is 4.74 Å². The first kappa shape index (κ1) is 25.0. The Bertz CT molecular complexity index is 1280. The van der Waals surface area contributed by atoms with Crippen LogP contribution in [0.4, 0.5) is 37.1 Å². The average Bonchev–Trinajstić information content (AvgIpc) is 2.83. The molecule has 2 aromatic heterocycles. The first-order valence-corrected chi connectivity index (χ1v) is 10.4. The van der Waals surface area contributed by atoms with Crippen LogP contribution in [-0.4, -0.2) is 45.6 Å². The van der Waals surface area contributed by atoms with Gasteiger partial charge in [0, 0.05) is 38.2 Å². The number of halogens is 6. The second-order valence-electron chi connectivity index (χ2n) is 7.78. The molecule has 1 unspecified atom stereocenters. The molecule has 1 aliphatic rings. The SMILES string of the molecule is O=C(Oc1ccccc1)N1CCN(c2ncc(C(F)(F)F)cn2)C(c2c[nH]c(=O)c(C(F)(F)F)c2)C1. The van der Waals surface area contributed by atoms with Crippen LogP contribution < -0.4 is 15.2 Å². The minimum atomic E-state index is -4.96. The van der Waals surface area contributed by atoms with E-state index in [9.17, 15) is 35.9 Å². The van der Waals surface area contributed by atoms with E-state index in [1.807, 2.05) is 4.98 Å². The fourth-order valence-electron chi connectivity index (χ4n) is 3.65. The van der Waals surface area contributed by atoms with Crippen molar-refractivity contribution < 1.29 is 35.9 Å². The minimum absolute atomic E-state index is 0.0159. The number of amides is 1. The summed E-state index contributed by atoms with van der Waals surface area (Å²) in [5, 5.41) is 0. The number of piperazine rings is 1. The number of aromatic amines is 1. The maximum Gasteiger partial charge on any atom is 0.421 e. The lowest BCUT2D eigenvalue weighted by Gasteiger charge is -2.41. The molecule has 0 spiro atoms. The molecule has 1 N–H and O–H groups in total. The van der Waals surface area contributed by atoms with Gasteiger partial charge in [-0.15, -0.1) is 0 Å². The zero-order valence-electron chi connectivity index (χ0n) is 18.2. The molecule has 190 valence electrons. The second kappa shape index (κ2) is 9.51. The van der Waals surface area contributed by atoms with E-state index in [1.54, 1.807) is 30.3 Å². The summed E-state index contributed by atoms with van der Waals surface area (Å²) in [6, 6.07) is 7.67. The van der Waals surface area contributed by atoms with Crippen LogP contribution in [0.5, 0.6) is 5.75 Å². The zero-order chi connectivity index (χ0) is 26.1. The van der Waals surface area contributed by atoms with E-state index < -0.39 is 41.2 Å². The molecule has 0 aliphatic carbocycles. The first-order valence-electron chi connectivity index (χ1n) is 10.4. The van der Waals surface area contributed by atoms with Gasteiger partial charge in [0.25, 0.3) is 5.56 Å². The van der Waals surface area contributed by atoms with E-state index in [0.717, 1.165) is 6.20 Å². The molecule has 4 rings (SSSR count). The van der Waals surface area contributed by atoms with Gasteiger partial charge in [-0.05, 0) is 23.8 Å². The Hall–Kier alpha value is -4.10. The number of pyridine rings is 1. The van der Waals surface area contributed by atoms with Crippen LogP contribution in [0.15, 0.2) is 59.8 Å². The molecule has 36 heavy (non-hydrogen) atoms. The third-order valence-electron chi connectivity index (χ3n) is 5.43. The van der Waals surface area contributed by atoms with Gasteiger partial charge in [-0.25, -0.2) is 14.8 Å². The highest BCUT2D eigenvalue weighted by Gasteiger charge is 2.38. The van der Waals surface area contributed by atoms with Gasteiger partial charge in [0.05, 0.1) is 11.6 Å². The van der Waals surface area contributed by atoms with Crippen molar-refractivity contribution in [2.45, 2.75) is 18.4 Å². The number of anilines is 1. The number of nitrogens with zero attached hydrogens (tertiary/aromatic N) is 4. The van der Waals surface area contributed by atoms with Crippen LogP contribution in [0.25, 0.3) is 0 Å². The Kier molecular flexibility index (Phi) is 6.61. The van der Waals surface area contributed by atoms with E-state index in [0.29, 0.717) is 18.5 Å². The van der Waals surface area contributed by atoms with Crippen LogP contribution in [-0.2, 0) is 12.4 Å². The molecule has 14 heteroatoms. The minimum Gasteiger partial charge on any atom is -0.410 e.